The lowest BCUT2D eigenvalue weighted by Crippen LogP contribution is -2.53. The minimum absolute atomic E-state index is 0.233. The van der Waals surface area contributed by atoms with Gasteiger partial charge in [0.1, 0.15) is 0 Å². The van der Waals surface area contributed by atoms with Gasteiger partial charge < -0.3 is 9.47 Å². The Bertz CT molecular complexity index is 558. The van der Waals surface area contributed by atoms with E-state index in [1.165, 1.54) is 0 Å². The summed E-state index contributed by atoms with van der Waals surface area (Å²) in [5.74, 6) is 0.856. The summed E-state index contributed by atoms with van der Waals surface area (Å²) < 4.78 is 11.2. The normalized spacial score (nSPS) is 22.2. The molecule has 1 saturated heterocycles. The van der Waals surface area contributed by atoms with Crippen LogP contribution in [0.25, 0.3) is 0 Å². The van der Waals surface area contributed by atoms with E-state index in [0.717, 1.165) is 6.42 Å². The molecule has 1 aromatic carbocycles. The third-order valence-electron chi connectivity index (χ3n) is 3.42. The molecule has 2 aliphatic rings. The molecule has 0 spiro atoms. The van der Waals surface area contributed by atoms with E-state index in [1.807, 2.05) is 0 Å². The Labute approximate surface area is 116 Å². The standard InChI is InChI=1S/C14H16N2O4/c1-9-8-16(14(18)15-13(9)17)10-3-4-11-12(7-10)20-6-2-5-19-11/h3-4,7,9H,2,5-6,8H2,1H3,(H,15,17,18). The van der Waals surface area contributed by atoms with Crippen LogP contribution in [0.15, 0.2) is 18.2 Å². The minimum Gasteiger partial charge on any atom is -0.490 e. The summed E-state index contributed by atoms with van der Waals surface area (Å²) in [5.41, 5.74) is 0.700. The fourth-order valence-electron chi connectivity index (χ4n) is 2.28. The smallest absolute Gasteiger partial charge is 0.328 e. The summed E-state index contributed by atoms with van der Waals surface area (Å²) in [6, 6.07) is 4.98. The first kappa shape index (κ1) is 12.8. The molecule has 0 aromatic heterocycles. The number of rotatable bonds is 1. The fraction of sp³-hybridized carbons (Fsp3) is 0.429. The van der Waals surface area contributed by atoms with Gasteiger partial charge in [0.15, 0.2) is 11.5 Å². The Morgan fingerprint density at radius 1 is 1.20 bits per heavy atom. The van der Waals surface area contributed by atoms with Crippen LogP contribution in [-0.4, -0.2) is 31.7 Å². The third kappa shape index (κ3) is 2.29. The lowest BCUT2D eigenvalue weighted by Gasteiger charge is -2.30. The summed E-state index contributed by atoms with van der Waals surface area (Å²) in [4.78, 5) is 24.9. The van der Waals surface area contributed by atoms with Crippen LogP contribution in [0.4, 0.5) is 10.5 Å². The molecule has 20 heavy (non-hydrogen) atoms. The lowest BCUT2D eigenvalue weighted by molar-refractivity contribution is -0.123. The molecule has 3 amide bonds. The Balaban J connectivity index is 1.88. The average Bonchev–Trinajstić information content (AvgIpc) is 2.67. The Morgan fingerprint density at radius 2 is 1.95 bits per heavy atom. The number of carbonyl (C=O) groups is 2. The third-order valence-corrected chi connectivity index (χ3v) is 3.42. The molecule has 0 bridgehead atoms. The van der Waals surface area contributed by atoms with E-state index in [4.69, 9.17) is 9.47 Å². The number of hydrogen-bond donors (Lipinski definition) is 1. The second-order valence-corrected chi connectivity index (χ2v) is 4.99. The number of anilines is 1. The highest BCUT2D eigenvalue weighted by molar-refractivity contribution is 6.06. The number of nitrogens with one attached hydrogen (secondary N) is 1. The molecule has 2 heterocycles. The highest BCUT2D eigenvalue weighted by Crippen LogP contribution is 2.34. The van der Waals surface area contributed by atoms with E-state index in [-0.39, 0.29) is 11.8 Å². The van der Waals surface area contributed by atoms with E-state index in [9.17, 15) is 9.59 Å². The Hall–Kier alpha value is -2.24. The van der Waals surface area contributed by atoms with Gasteiger partial charge in [-0.05, 0) is 12.1 Å². The van der Waals surface area contributed by atoms with Crippen LogP contribution in [0.2, 0.25) is 0 Å². The minimum atomic E-state index is -0.400. The second kappa shape index (κ2) is 5.03. The number of imide groups is 1. The highest BCUT2D eigenvalue weighted by atomic mass is 16.5. The zero-order chi connectivity index (χ0) is 14.1. The molecule has 0 saturated carbocycles. The first-order valence-corrected chi connectivity index (χ1v) is 6.67. The number of urea groups is 1. The van der Waals surface area contributed by atoms with Gasteiger partial charge in [0.05, 0.1) is 19.1 Å². The molecule has 3 rings (SSSR count). The monoisotopic (exact) mass is 276 g/mol. The van der Waals surface area contributed by atoms with Crippen LogP contribution in [0.5, 0.6) is 11.5 Å². The largest absolute Gasteiger partial charge is 0.490 e. The maximum atomic E-state index is 11.9. The predicted octanol–water partition coefficient (Wildman–Crippen LogP) is 1.54. The maximum Gasteiger partial charge on any atom is 0.328 e. The van der Waals surface area contributed by atoms with Crippen molar-refractivity contribution in [3.8, 4) is 11.5 Å². The molecule has 1 N–H and O–H groups in total. The first-order valence-electron chi connectivity index (χ1n) is 6.67. The second-order valence-electron chi connectivity index (χ2n) is 4.99. The average molecular weight is 276 g/mol. The molecular formula is C14H16N2O4. The molecule has 106 valence electrons. The van der Waals surface area contributed by atoms with Gasteiger partial charge in [-0.25, -0.2) is 4.79 Å². The summed E-state index contributed by atoms with van der Waals surface area (Å²) >= 11 is 0. The quantitative estimate of drug-likeness (QED) is 0.845. The number of hydrogen-bond acceptors (Lipinski definition) is 4. The van der Waals surface area contributed by atoms with Crippen molar-refractivity contribution < 1.29 is 19.1 Å². The molecular weight excluding hydrogens is 260 g/mol. The Kier molecular flexibility index (Phi) is 3.22. The molecule has 0 radical (unpaired) electrons. The van der Waals surface area contributed by atoms with Crippen molar-refractivity contribution in [1.29, 1.82) is 0 Å². The van der Waals surface area contributed by atoms with Crippen molar-refractivity contribution in [2.24, 2.45) is 5.92 Å². The molecule has 1 fully saturated rings. The Morgan fingerprint density at radius 3 is 2.75 bits per heavy atom. The van der Waals surface area contributed by atoms with Gasteiger partial charge in [0.2, 0.25) is 5.91 Å². The zero-order valence-electron chi connectivity index (χ0n) is 11.2. The van der Waals surface area contributed by atoms with Crippen molar-refractivity contribution in [2.75, 3.05) is 24.7 Å². The van der Waals surface area contributed by atoms with E-state index in [0.29, 0.717) is 36.9 Å². The van der Waals surface area contributed by atoms with Crippen molar-refractivity contribution in [3.63, 3.8) is 0 Å². The predicted molar refractivity (Wildman–Crippen MR) is 72.1 cm³/mol. The molecule has 1 aromatic rings. The summed E-state index contributed by atoms with van der Waals surface area (Å²) in [7, 11) is 0. The van der Waals surface area contributed by atoms with Crippen LogP contribution in [-0.2, 0) is 4.79 Å². The maximum absolute atomic E-state index is 11.9. The van der Waals surface area contributed by atoms with E-state index in [1.54, 1.807) is 30.0 Å². The fourth-order valence-corrected chi connectivity index (χ4v) is 2.28. The van der Waals surface area contributed by atoms with Crippen LogP contribution < -0.4 is 19.7 Å². The zero-order valence-corrected chi connectivity index (χ0v) is 11.2. The summed E-state index contributed by atoms with van der Waals surface area (Å²) in [6.45, 7) is 3.38. The SMILES string of the molecule is CC1CN(c2ccc3c(c2)OCCCO3)C(=O)NC1=O. The van der Waals surface area contributed by atoms with Gasteiger partial charge in [-0.2, -0.15) is 0 Å². The van der Waals surface area contributed by atoms with E-state index < -0.39 is 6.03 Å². The summed E-state index contributed by atoms with van der Waals surface area (Å²) in [5, 5.41) is 2.35. The van der Waals surface area contributed by atoms with Gasteiger partial charge in [-0.1, -0.05) is 6.92 Å². The van der Waals surface area contributed by atoms with Crippen LogP contribution in [0.1, 0.15) is 13.3 Å². The van der Waals surface area contributed by atoms with Crippen LogP contribution in [0, 0.1) is 5.92 Å². The van der Waals surface area contributed by atoms with Crippen LogP contribution in [0.3, 0.4) is 0 Å². The number of benzene rings is 1. The number of carbonyl (C=O) groups excluding carboxylic acids is 2. The molecule has 6 heteroatoms. The van der Waals surface area contributed by atoms with Gasteiger partial charge >= 0.3 is 6.03 Å². The lowest BCUT2D eigenvalue weighted by atomic mass is 10.1. The van der Waals surface area contributed by atoms with E-state index in [2.05, 4.69) is 5.32 Å². The number of fused-ring (bicyclic) bond motifs is 1. The van der Waals surface area contributed by atoms with E-state index >= 15 is 0 Å². The molecule has 2 aliphatic heterocycles. The van der Waals surface area contributed by atoms with Crippen molar-refractivity contribution in [1.82, 2.24) is 5.32 Å². The van der Waals surface area contributed by atoms with Gasteiger partial charge in [0, 0.05) is 24.7 Å². The highest BCUT2D eigenvalue weighted by Gasteiger charge is 2.30. The molecule has 1 atom stereocenters. The van der Waals surface area contributed by atoms with Gasteiger partial charge in [0.25, 0.3) is 0 Å². The summed E-state index contributed by atoms with van der Waals surface area (Å²) in [6.07, 6.45) is 0.833. The molecule has 1 unspecified atom stereocenters. The first-order chi connectivity index (χ1) is 9.65. The van der Waals surface area contributed by atoms with Gasteiger partial charge in [-0.3, -0.25) is 15.0 Å². The molecule has 6 nitrogen and oxygen atoms in total. The van der Waals surface area contributed by atoms with Crippen LogP contribution >= 0.6 is 0 Å². The molecule has 0 aliphatic carbocycles. The van der Waals surface area contributed by atoms with Crippen molar-refractivity contribution >= 4 is 17.6 Å². The van der Waals surface area contributed by atoms with Crippen molar-refractivity contribution in [2.45, 2.75) is 13.3 Å². The number of ether oxygens (including phenoxy) is 2. The number of amides is 3. The van der Waals surface area contributed by atoms with Gasteiger partial charge in [-0.15, -0.1) is 0 Å². The topological polar surface area (TPSA) is 67.9 Å². The number of nitrogens with zero attached hydrogens (tertiary/aromatic N) is 1. The van der Waals surface area contributed by atoms with Crippen molar-refractivity contribution in [3.05, 3.63) is 18.2 Å².